The number of anilines is 1. The van der Waals surface area contributed by atoms with Gasteiger partial charge in [0.2, 0.25) is 11.6 Å². The van der Waals surface area contributed by atoms with E-state index in [4.69, 9.17) is 20.0 Å². The van der Waals surface area contributed by atoms with Gasteiger partial charge in [-0.05, 0) is 6.92 Å². The van der Waals surface area contributed by atoms with Gasteiger partial charge in [-0.25, -0.2) is 4.98 Å². The maximum atomic E-state index is 11.6. The highest BCUT2D eigenvalue weighted by Crippen LogP contribution is 2.22. The molecule has 23 heavy (non-hydrogen) atoms. The number of nitrogen functional groups attached to an aromatic ring is 1. The molecule has 0 saturated carbocycles. The van der Waals surface area contributed by atoms with Crippen molar-refractivity contribution in [2.45, 2.75) is 19.1 Å². The highest BCUT2D eigenvalue weighted by atomic mass is 31.1. The Morgan fingerprint density at radius 1 is 1.48 bits per heavy atom. The van der Waals surface area contributed by atoms with Crippen LogP contribution in [0.2, 0.25) is 0 Å². The molecule has 0 aliphatic heterocycles. The molecule has 0 amide bonds. The number of nitrogens with one attached hydrogen (secondary N) is 1. The monoisotopic (exact) mass is 345 g/mol. The molecule has 2 aromatic heterocycles. The number of hydrogen-bond acceptors (Lipinski definition) is 9. The lowest BCUT2D eigenvalue weighted by atomic mass is 10.5. The summed E-state index contributed by atoms with van der Waals surface area (Å²) >= 11 is 0. The number of aliphatic hydroxyl groups is 1. The minimum Gasteiger partial charge on any atom is -0.411 e. The van der Waals surface area contributed by atoms with Gasteiger partial charge in [-0.3, -0.25) is 14.3 Å². The molecule has 1 atom stereocenters. The van der Waals surface area contributed by atoms with E-state index in [0.29, 0.717) is 6.42 Å². The van der Waals surface area contributed by atoms with Crippen molar-refractivity contribution >= 4 is 25.6 Å². The molecule has 126 valence electrons. The summed E-state index contributed by atoms with van der Waals surface area (Å²) in [5.41, 5.74) is 3.14. The number of nitrogens with zero attached hydrogens (tertiary/aromatic N) is 3. The highest BCUT2D eigenvalue weighted by molar-refractivity contribution is 7.25. The number of H-pyrrole nitrogens is 1. The van der Waals surface area contributed by atoms with Gasteiger partial charge in [0.25, 0.3) is 14.0 Å². The molecule has 11 nitrogen and oxygen atoms in total. The molecule has 4 N–H and O–H groups in total. The SMILES string of the molecule is CCOC(O)(OCCCOn1cnc2c(=O)[nH]c(N)nc21)P=O. The van der Waals surface area contributed by atoms with Gasteiger partial charge in [-0.1, -0.05) is 0 Å². The second-order valence-electron chi connectivity index (χ2n) is 4.30. The van der Waals surface area contributed by atoms with E-state index < -0.39 is 19.7 Å². The summed E-state index contributed by atoms with van der Waals surface area (Å²) in [4.78, 5) is 27.1. The predicted octanol–water partition coefficient (Wildman–Crippen LogP) is -0.531. The highest BCUT2D eigenvalue weighted by Gasteiger charge is 2.29. The van der Waals surface area contributed by atoms with Crippen molar-refractivity contribution in [2.24, 2.45) is 0 Å². The topological polar surface area (TPSA) is 155 Å². The van der Waals surface area contributed by atoms with Crippen molar-refractivity contribution in [1.29, 1.82) is 0 Å². The van der Waals surface area contributed by atoms with E-state index in [9.17, 15) is 14.5 Å². The molecule has 0 aliphatic carbocycles. The zero-order chi connectivity index (χ0) is 16.9. The Bertz CT molecular complexity index is 733. The number of rotatable bonds is 9. The molecule has 0 fully saturated rings. The summed E-state index contributed by atoms with van der Waals surface area (Å²) in [6, 6.07) is 0. The van der Waals surface area contributed by atoms with Gasteiger partial charge in [-0.2, -0.15) is 9.71 Å². The van der Waals surface area contributed by atoms with E-state index in [1.807, 2.05) is 0 Å². The molecule has 2 aromatic rings. The summed E-state index contributed by atoms with van der Waals surface area (Å²) in [7, 11) is -0.687. The molecule has 0 aliphatic rings. The minimum absolute atomic E-state index is 0.0362. The van der Waals surface area contributed by atoms with Gasteiger partial charge in [0.15, 0.2) is 5.52 Å². The van der Waals surface area contributed by atoms with Crippen LogP contribution in [0.5, 0.6) is 0 Å². The number of nitrogens with two attached hydrogens (primary N) is 1. The Labute approximate surface area is 131 Å². The number of ether oxygens (including phenoxy) is 2. The van der Waals surface area contributed by atoms with Crippen LogP contribution in [0.3, 0.4) is 0 Å². The molecule has 0 saturated heterocycles. The number of imidazole rings is 1. The molecule has 1 unspecified atom stereocenters. The number of fused-ring (bicyclic) bond motifs is 1. The molecular formula is C11H16N5O6P. The van der Waals surface area contributed by atoms with Gasteiger partial charge in [0.05, 0.1) is 13.2 Å². The van der Waals surface area contributed by atoms with Gasteiger partial charge in [0.1, 0.15) is 12.9 Å². The summed E-state index contributed by atoms with van der Waals surface area (Å²) < 4.78 is 21.8. The zero-order valence-corrected chi connectivity index (χ0v) is 13.2. The van der Waals surface area contributed by atoms with Crippen LogP contribution in [0.15, 0.2) is 11.1 Å². The van der Waals surface area contributed by atoms with Gasteiger partial charge in [0, 0.05) is 6.42 Å². The maximum absolute atomic E-state index is 11.6. The normalized spacial score (nSPS) is 14.2. The molecular weight excluding hydrogens is 329 g/mol. The van der Waals surface area contributed by atoms with Gasteiger partial charge in [-0.15, -0.1) is 0 Å². The van der Waals surface area contributed by atoms with Gasteiger partial charge >= 0.3 is 5.71 Å². The van der Waals surface area contributed by atoms with Crippen LogP contribution >= 0.6 is 8.46 Å². The van der Waals surface area contributed by atoms with Crippen LogP contribution in [0.4, 0.5) is 5.95 Å². The second kappa shape index (κ2) is 7.47. The van der Waals surface area contributed by atoms with Crippen LogP contribution in [0.25, 0.3) is 11.2 Å². The summed E-state index contributed by atoms with van der Waals surface area (Å²) in [6.45, 7) is 1.98. The lowest BCUT2D eigenvalue weighted by Gasteiger charge is -2.19. The van der Waals surface area contributed by atoms with Crippen LogP contribution in [0.1, 0.15) is 13.3 Å². The predicted molar refractivity (Wildman–Crippen MR) is 78.8 cm³/mol. The van der Waals surface area contributed by atoms with Gasteiger partial charge < -0.3 is 25.2 Å². The second-order valence-corrected chi connectivity index (χ2v) is 5.05. The number of hydrogen-bond donors (Lipinski definition) is 3. The van der Waals surface area contributed by atoms with E-state index in [1.54, 1.807) is 6.92 Å². The van der Waals surface area contributed by atoms with E-state index in [0.717, 1.165) is 0 Å². The Hall–Kier alpha value is -2.07. The fourth-order valence-electron chi connectivity index (χ4n) is 1.71. The van der Waals surface area contributed by atoms with E-state index in [1.165, 1.54) is 11.1 Å². The van der Waals surface area contributed by atoms with Crippen molar-refractivity contribution < 1.29 is 24.0 Å². The fraction of sp³-hybridized carbons (Fsp3) is 0.545. The lowest BCUT2D eigenvalue weighted by Crippen LogP contribution is -2.30. The fourth-order valence-corrected chi connectivity index (χ4v) is 2.04. The third-order valence-corrected chi connectivity index (χ3v) is 3.14. The molecule has 0 spiro atoms. The quantitative estimate of drug-likeness (QED) is 0.309. The van der Waals surface area contributed by atoms with Crippen LogP contribution in [-0.2, 0) is 14.0 Å². The van der Waals surface area contributed by atoms with Crippen LogP contribution < -0.4 is 16.1 Å². The molecule has 0 bridgehead atoms. The molecule has 0 radical (unpaired) electrons. The van der Waals surface area contributed by atoms with Crippen molar-refractivity contribution in [2.75, 3.05) is 25.6 Å². The standard InChI is InChI=1S/C11H16N5O6P/c1-2-20-11(18,23-19)21-4-3-5-22-16-6-13-7-8(16)14-10(12)15-9(7)17/h6,18H,2-5H2,1H3,(H3,12,14,15,17). The summed E-state index contributed by atoms with van der Waals surface area (Å²) in [6.07, 6.45) is 1.64. The van der Waals surface area contributed by atoms with Crippen molar-refractivity contribution in [3.63, 3.8) is 0 Å². The summed E-state index contributed by atoms with van der Waals surface area (Å²) in [5, 5.41) is 9.62. The third-order valence-electron chi connectivity index (χ3n) is 2.65. The number of aromatic nitrogens is 4. The Kier molecular flexibility index (Phi) is 5.61. The summed E-state index contributed by atoms with van der Waals surface area (Å²) in [5.74, 6) is -0.0487. The molecule has 2 heterocycles. The molecule has 0 aromatic carbocycles. The van der Waals surface area contributed by atoms with Crippen LogP contribution in [0, 0.1) is 0 Å². The van der Waals surface area contributed by atoms with Crippen molar-refractivity contribution in [3.05, 3.63) is 16.7 Å². The van der Waals surface area contributed by atoms with Crippen molar-refractivity contribution in [3.8, 4) is 0 Å². The largest absolute Gasteiger partial charge is 0.411 e. The lowest BCUT2D eigenvalue weighted by molar-refractivity contribution is -0.296. The first-order chi connectivity index (χ1) is 11.0. The average molecular weight is 345 g/mol. The minimum atomic E-state index is -2.15. The smallest absolute Gasteiger partial charge is 0.366 e. The van der Waals surface area contributed by atoms with E-state index >= 15 is 0 Å². The Morgan fingerprint density at radius 2 is 2.26 bits per heavy atom. The number of aromatic amines is 1. The first kappa shape index (κ1) is 17.3. The first-order valence-corrected chi connectivity index (χ1v) is 7.51. The van der Waals surface area contributed by atoms with Crippen LogP contribution in [-0.4, -0.2) is 50.3 Å². The van der Waals surface area contributed by atoms with E-state index in [-0.39, 0.29) is 36.9 Å². The molecule has 2 rings (SSSR count). The van der Waals surface area contributed by atoms with Crippen molar-refractivity contribution in [1.82, 2.24) is 19.7 Å². The molecule has 12 heteroatoms. The average Bonchev–Trinajstić information content (AvgIpc) is 2.90. The third kappa shape index (κ3) is 4.23. The Balaban J connectivity index is 1.88. The maximum Gasteiger partial charge on any atom is 0.366 e. The Morgan fingerprint density at radius 3 is 2.96 bits per heavy atom. The zero-order valence-electron chi connectivity index (χ0n) is 12.3. The first-order valence-electron chi connectivity index (χ1n) is 6.70. The van der Waals surface area contributed by atoms with E-state index in [2.05, 4.69) is 15.0 Å².